The number of carbonyl (C=O) groups excluding carboxylic acids is 1. The Morgan fingerprint density at radius 3 is 2.85 bits per heavy atom. The molecule has 4 heterocycles. The van der Waals surface area contributed by atoms with Crippen molar-refractivity contribution < 1.29 is 9.90 Å². The van der Waals surface area contributed by atoms with Gasteiger partial charge in [-0.15, -0.1) is 15.3 Å². The third-order valence-corrected chi connectivity index (χ3v) is 5.81. The number of aliphatic hydroxyl groups excluding tert-OH is 1. The van der Waals surface area contributed by atoms with Gasteiger partial charge in [-0.2, -0.15) is 5.10 Å². The van der Waals surface area contributed by atoms with Crippen LogP contribution in [0.5, 0.6) is 0 Å². The third kappa shape index (κ3) is 4.57. The summed E-state index contributed by atoms with van der Waals surface area (Å²) in [6.07, 6.45) is 5.29. The highest BCUT2D eigenvalue weighted by molar-refractivity contribution is 7.99. The number of nitrogens with one attached hydrogen (secondary N) is 1. The van der Waals surface area contributed by atoms with Crippen molar-refractivity contribution in [2.75, 3.05) is 18.5 Å². The number of carbonyl (C=O) groups is 1. The molecule has 13 nitrogen and oxygen atoms in total. The average molecular weight is 468 g/mol. The van der Waals surface area contributed by atoms with Crippen LogP contribution in [0.3, 0.4) is 0 Å². The maximum Gasteiger partial charge on any atom is 0.228 e. The molecule has 14 heteroatoms. The Kier molecular flexibility index (Phi) is 5.53. The molecule has 0 aromatic carbocycles. The molecule has 1 aliphatic rings. The average Bonchev–Trinajstić information content (AvgIpc) is 3.47. The first-order valence-electron chi connectivity index (χ1n) is 10.2. The number of hydrazone groups is 1. The largest absolute Gasteiger partial charge is 0.394 e. The van der Waals surface area contributed by atoms with Gasteiger partial charge in [0, 0.05) is 17.7 Å². The Morgan fingerprint density at radius 2 is 2.06 bits per heavy atom. The monoisotopic (exact) mass is 467 g/mol. The van der Waals surface area contributed by atoms with Gasteiger partial charge in [0.05, 0.1) is 19.3 Å². The van der Waals surface area contributed by atoms with Gasteiger partial charge in [-0.3, -0.25) is 9.20 Å². The zero-order valence-corrected chi connectivity index (χ0v) is 18.2. The lowest BCUT2D eigenvalue weighted by atomic mass is 10.2. The minimum absolute atomic E-state index is 0.00401. The second kappa shape index (κ2) is 8.65. The van der Waals surface area contributed by atoms with Crippen molar-refractivity contribution in [3.05, 3.63) is 42.2 Å². The number of nitrogens with two attached hydrogens (primary N) is 2. The van der Waals surface area contributed by atoms with Crippen LogP contribution in [-0.4, -0.2) is 64.3 Å². The van der Waals surface area contributed by atoms with Gasteiger partial charge in [-0.05, 0) is 48.9 Å². The van der Waals surface area contributed by atoms with Crippen molar-refractivity contribution in [3.8, 4) is 0 Å². The number of hydrazine groups is 1. The highest BCUT2D eigenvalue weighted by Crippen LogP contribution is 2.30. The Morgan fingerprint density at radius 1 is 1.24 bits per heavy atom. The van der Waals surface area contributed by atoms with E-state index < -0.39 is 0 Å². The van der Waals surface area contributed by atoms with Crippen LogP contribution in [0.1, 0.15) is 18.4 Å². The van der Waals surface area contributed by atoms with Crippen molar-refractivity contribution in [2.45, 2.75) is 23.0 Å². The molecule has 1 fully saturated rings. The lowest BCUT2D eigenvalue weighted by Crippen LogP contribution is -2.32. The third-order valence-electron chi connectivity index (χ3n) is 4.92. The molecule has 0 spiro atoms. The first-order valence-corrected chi connectivity index (χ1v) is 11.0. The van der Waals surface area contributed by atoms with E-state index in [1.807, 2.05) is 12.1 Å². The SMILES string of the molecule is N/C(=N\N(N)CCO)c1ccc2nnc(Sc3ccc4nc(NC(=O)C5CC5)cn4n3)n2c1. The molecule has 5 rings (SSSR count). The fourth-order valence-electron chi connectivity index (χ4n) is 3.09. The molecule has 1 saturated carbocycles. The van der Waals surface area contributed by atoms with Crippen molar-refractivity contribution in [2.24, 2.45) is 22.6 Å². The minimum Gasteiger partial charge on any atom is -0.394 e. The number of amides is 1. The van der Waals surface area contributed by atoms with Crippen molar-refractivity contribution in [3.63, 3.8) is 0 Å². The van der Waals surface area contributed by atoms with Gasteiger partial charge >= 0.3 is 0 Å². The Labute approximate surface area is 191 Å². The van der Waals surface area contributed by atoms with E-state index in [0.717, 1.165) is 18.0 Å². The summed E-state index contributed by atoms with van der Waals surface area (Å²) >= 11 is 1.31. The zero-order chi connectivity index (χ0) is 22.9. The molecule has 0 saturated heterocycles. The number of amidine groups is 1. The number of rotatable bonds is 8. The van der Waals surface area contributed by atoms with Crippen LogP contribution < -0.4 is 16.9 Å². The smallest absolute Gasteiger partial charge is 0.228 e. The summed E-state index contributed by atoms with van der Waals surface area (Å²) < 4.78 is 3.39. The number of fused-ring (bicyclic) bond motifs is 2. The van der Waals surface area contributed by atoms with Gasteiger partial charge in [-0.1, -0.05) is 0 Å². The number of imidazole rings is 1. The molecular weight excluding hydrogens is 446 g/mol. The number of pyridine rings is 1. The van der Waals surface area contributed by atoms with Crippen molar-refractivity contribution in [1.82, 2.24) is 34.3 Å². The number of hydrogen-bond donors (Lipinski definition) is 4. The highest BCUT2D eigenvalue weighted by Gasteiger charge is 2.30. The molecule has 1 amide bonds. The molecule has 0 radical (unpaired) electrons. The molecule has 33 heavy (non-hydrogen) atoms. The van der Waals surface area contributed by atoms with Gasteiger partial charge in [-0.25, -0.2) is 20.5 Å². The second-order valence-corrected chi connectivity index (χ2v) is 8.45. The van der Waals surface area contributed by atoms with Gasteiger partial charge < -0.3 is 16.2 Å². The first-order chi connectivity index (χ1) is 16.0. The molecule has 0 aliphatic heterocycles. The number of hydrogen-bond acceptors (Lipinski definition) is 10. The van der Waals surface area contributed by atoms with E-state index in [1.54, 1.807) is 33.4 Å². The normalized spacial score (nSPS) is 14.2. The molecule has 1 aliphatic carbocycles. The van der Waals surface area contributed by atoms with Crippen LogP contribution in [0.25, 0.3) is 11.3 Å². The van der Waals surface area contributed by atoms with E-state index in [0.29, 0.717) is 32.9 Å². The van der Waals surface area contributed by atoms with Gasteiger partial charge in [0.1, 0.15) is 5.03 Å². The fraction of sp³-hybridized carbons (Fsp3) is 0.263. The molecule has 0 unspecified atom stereocenters. The molecule has 6 N–H and O–H groups in total. The van der Waals surface area contributed by atoms with E-state index in [-0.39, 0.29) is 30.8 Å². The van der Waals surface area contributed by atoms with E-state index in [4.69, 9.17) is 16.7 Å². The van der Waals surface area contributed by atoms with E-state index in [1.165, 1.54) is 11.8 Å². The quantitative estimate of drug-likeness (QED) is 0.120. The molecular formula is C19H21N11O2S. The standard InChI is InChI=1S/C19H21N11O2S/c20-17(27-30(21)7-8-31)12-3-4-15-24-25-19(28(15)9-12)33-16-6-5-14-22-13(10-29(14)26-16)23-18(32)11-1-2-11/h3-6,9-11,31H,1-2,7-8,21H2,(H2,20,27)(H,23,32). The molecule has 4 aromatic rings. The van der Waals surface area contributed by atoms with Gasteiger partial charge in [0.25, 0.3) is 0 Å². The van der Waals surface area contributed by atoms with E-state index in [2.05, 4.69) is 30.7 Å². The lowest BCUT2D eigenvalue weighted by Gasteiger charge is -2.11. The molecule has 0 bridgehead atoms. The summed E-state index contributed by atoms with van der Waals surface area (Å²) in [5.74, 6) is 6.43. The van der Waals surface area contributed by atoms with Crippen molar-refractivity contribution >= 4 is 40.6 Å². The number of anilines is 1. The van der Waals surface area contributed by atoms with Gasteiger partial charge in [0.2, 0.25) is 11.1 Å². The molecule has 4 aromatic heterocycles. The van der Waals surface area contributed by atoms with Crippen LogP contribution in [0.4, 0.5) is 5.82 Å². The summed E-state index contributed by atoms with van der Waals surface area (Å²) in [4.78, 5) is 16.4. The van der Waals surface area contributed by atoms with E-state index >= 15 is 0 Å². The van der Waals surface area contributed by atoms with Crippen molar-refractivity contribution in [1.29, 1.82) is 0 Å². The van der Waals surface area contributed by atoms with Crippen LogP contribution in [0.15, 0.2) is 51.9 Å². The zero-order valence-electron chi connectivity index (χ0n) is 17.4. The lowest BCUT2D eigenvalue weighted by molar-refractivity contribution is -0.117. The Hall–Kier alpha value is -3.75. The molecule has 170 valence electrons. The van der Waals surface area contributed by atoms with E-state index in [9.17, 15) is 4.79 Å². The van der Waals surface area contributed by atoms with Gasteiger partial charge in [0.15, 0.2) is 22.9 Å². The fourth-order valence-corrected chi connectivity index (χ4v) is 3.86. The second-order valence-electron chi connectivity index (χ2n) is 7.47. The summed E-state index contributed by atoms with van der Waals surface area (Å²) in [6.45, 7) is 0.0201. The Bertz CT molecular complexity index is 1360. The highest BCUT2D eigenvalue weighted by atomic mass is 32.2. The van der Waals surface area contributed by atoms with Crippen LogP contribution in [0.2, 0.25) is 0 Å². The summed E-state index contributed by atoms with van der Waals surface area (Å²) in [7, 11) is 0. The Balaban J connectivity index is 1.38. The number of aromatic nitrogens is 6. The minimum atomic E-state index is -0.138. The predicted molar refractivity (Wildman–Crippen MR) is 120 cm³/mol. The van der Waals surface area contributed by atoms with Crippen LogP contribution >= 0.6 is 11.8 Å². The molecule has 0 atom stereocenters. The summed E-state index contributed by atoms with van der Waals surface area (Å²) in [5, 5.41) is 31.1. The number of aliphatic hydroxyl groups is 1. The predicted octanol–water partition coefficient (Wildman–Crippen LogP) is 0.0600. The first kappa shape index (κ1) is 21.1. The number of nitrogens with zero attached hydrogens (tertiary/aromatic N) is 8. The topological polar surface area (TPSA) is 177 Å². The maximum absolute atomic E-state index is 12.0. The maximum atomic E-state index is 12.0. The summed E-state index contributed by atoms with van der Waals surface area (Å²) in [5.41, 5.74) is 7.91. The summed E-state index contributed by atoms with van der Waals surface area (Å²) in [6, 6.07) is 7.17. The van der Waals surface area contributed by atoms with Crippen LogP contribution in [-0.2, 0) is 4.79 Å². The van der Waals surface area contributed by atoms with Crippen LogP contribution in [0, 0.1) is 5.92 Å².